The van der Waals surface area contributed by atoms with Crippen molar-refractivity contribution >= 4 is 20.4 Å². The Morgan fingerprint density at radius 2 is 0.667 bits per heavy atom. The normalized spacial score (nSPS) is 23.2. The zero-order valence-corrected chi connectivity index (χ0v) is 39.7. The molecule has 8 heteroatoms. The summed E-state index contributed by atoms with van der Waals surface area (Å²) in [4.78, 5) is 2.30. The number of halogens is 3. The Hall–Kier alpha value is -2.29. The first-order valence-corrected chi connectivity index (χ1v) is 28.9. The maximum absolute atomic E-state index is 15.6. The summed E-state index contributed by atoms with van der Waals surface area (Å²) in [7, 11) is -9.71. The highest BCUT2D eigenvalue weighted by atomic mass is 32.3. The molecule has 0 saturated heterocycles. The predicted molar refractivity (Wildman–Crippen MR) is 253 cm³/mol. The monoisotopic (exact) mass is 905 g/mol. The Morgan fingerprint density at radius 3 is 0.937 bits per heavy atom. The van der Waals surface area contributed by atoms with Gasteiger partial charge in [0.1, 0.15) is 0 Å². The molecular weight excluding hydrogens is 830 g/mol. The number of hydrogen-bond donors (Lipinski definition) is 0. The number of alkyl halides is 3. The second-order valence-electron chi connectivity index (χ2n) is 20.9. The molecule has 63 heavy (non-hydrogen) atoms. The summed E-state index contributed by atoms with van der Waals surface area (Å²) in [5.41, 5.74) is 1.57. The van der Waals surface area contributed by atoms with Gasteiger partial charge in [0.05, 0.1) is 0 Å². The zero-order chi connectivity index (χ0) is 43.4. The summed E-state index contributed by atoms with van der Waals surface area (Å²) >= 11 is 0. The van der Waals surface area contributed by atoms with Gasteiger partial charge in [-0.05, 0) is 168 Å². The van der Waals surface area contributed by atoms with Crippen molar-refractivity contribution in [1.29, 1.82) is 0 Å². The van der Waals surface area contributed by atoms with Crippen LogP contribution in [0.5, 0.6) is 0 Å². The van der Waals surface area contributed by atoms with Crippen molar-refractivity contribution in [3.8, 4) is 0 Å². The van der Waals surface area contributed by atoms with Crippen molar-refractivity contribution in [3.05, 3.63) is 88.0 Å². The van der Waals surface area contributed by atoms with Crippen LogP contribution in [0.1, 0.15) is 262 Å². The molecule has 0 heterocycles. The molecule has 0 aliphatic heterocycles. The molecule has 3 aromatic carbocycles. The molecule has 6 aliphatic carbocycles. The first-order valence-electron chi connectivity index (χ1n) is 25.9. The van der Waals surface area contributed by atoms with Crippen LogP contribution in [-0.2, 0) is 13.7 Å². The standard InChI is InChI=1S/C55H75F3O3S2/c56-55(57,58)63(59,60)61-62(48-34-20-7-21-35-48,53-49(42-26-12-3-13-27-42)36-46(40-22-8-1-9-23-40)37-50(53)43-28-14-4-15-29-43)54-51(44-30-16-5-17-31-44)38-47(41-24-10-2-11-25-41)39-52(54)45-32-18-6-19-33-45/h7,20-21,34-45H,1-6,8-19,22-33H2. The van der Waals surface area contributed by atoms with Gasteiger partial charge in [0, 0.05) is 14.7 Å². The van der Waals surface area contributed by atoms with Crippen LogP contribution in [0.2, 0.25) is 0 Å². The molecule has 0 bridgehead atoms. The molecule has 6 saturated carbocycles. The lowest BCUT2D eigenvalue weighted by Crippen LogP contribution is -2.30. The summed E-state index contributed by atoms with van der Waals surface area (Å²) in [6, 6.07) is 19.4. The van der Waals surface area contributed by atoms with Crippen molar-refractivity contribution < 1.29 is 25.2 Å². The van der Waals surface area contributed by atoms with Crippen LogP contribution in [0.3, 0.4) is 0 Å². The Kier molecular flexibility index (Phi) is 14.8. The second kappa shape index (κ2) is 20.3. The van der Waals surface area contributed by atoms with Crippen molar-refractivity contribution in [2.75, 3.05) is 0 Å². The molecule has 0 aromatic heterocycles. The minimum absolute atomic E-state index is 0.130. The van der Waals surface area contributed by atoms with Crippen LogP contribution in [0, 0.1) is 0 Å². The maximum atomic E-state index is 15.6. The summed E-state index contributed by atoms with van der Waals surface area (Å²) in [6.45, 7) is 0. The Morgan fingerprint density at radius 1 is 0.397 bits per heavy atom. The van der Waals surface area contributed by atoms with Crippen LogP contribution in [-0.4, -0.2) is 13.9 Å². The van der Waals surface area contributed by atoms with Gasteiger partial charge in [-0.15, -0.1) is 0 Å². The van der Waals surface area contributed by atoms with E-state index in [-0.39, 0.29) is 23.7 Å². The first kappa shape index (κ1) is 45.8. The largest absolute Gasteiger partial charge is 0.524 e. The van der Waals surface area contributed by atoms with Gasteiger partial charge < -0.3 is 0 Å². The van der Waals surface area contributed by atoms with Crippen molar-refractivity contribution in [3.63, 3.8) is 0 Å². The lowest BCUT2D eigenvalue weighted by Gasteiger charge is -2.48. The Bertz CT molecular complexity index is 1890. The number of hydrogen-bond acceptors (Lipinski definition) is 3. The predicted octanol–water partition coefficient (Wildman–Crippen LogP) is 18.0. The summed E-state index contributed by atoms with van der Waals surface area (Å²) < 4.78 is 83.0. The van der Waals surface area contributed by atoms with Crippen LogP contribution >= 0.6 is 10.3 Å². The van der Waals surface area contributed by atoms with Gasteiger partial charge in [-0.25, -0.2) is 0 Å². The van der Waals surface area contributed by atoms with Gasteiger partial charge in [-0.1, -0.05) is 158 Å². The molecule has 346 valence electrons. The van der Waals surface area contributed by atoms with E-state index in [1.807, 2.05) is 30.3 Å². The van der Waals surface area contributed by atoms with Crippen molar-refractivity contribution in [2.45, 2.75) is 248 Å². The molecule has 0 N–H and O–H groups in total. The maximum Gasteiger partial charge on any atom is 0.524 e. The lowest BCUT2D eigenvalue weighted by atomic mass is 9.76. The Labute approximate surface area is 380 Å². The van der Waals surface area contributed by atoms with E-state index in [4.69, 9.17) is 3.63 Å². The van der Waals surface area contributed by atoms with E-state index in [0.29, 0.717) is 16.7 Å². The van der Waals surface area contributed by atoms with Crippen LogP contribution in [0.25, 0.3) is 0 Å². The first-order chi connectivity index (χ1) is 30.6. The molecule has 3 aromatic rings. The highest BCUT2D eigenvalue weighted by Gasteiger charge is 2.55. The second-order valence-corrected chi connectivity index (χ2v) is 25.2. The minimum Gasteiger partial charge on any atom is -0.200 e. The quantitative estimate of drug-likeness (QED) is 0.180. The van der Waals surface area contributed by atoms with Gasteiger partial charge in [0.15, 0.2) is 0 Å². The van der Waals surface area contributed by atoms with Gasteiger partial charge in [0.25, 0.3) is 0 Å². The molecule has 9 rings (SSSR count). The zero-order valence-electron chi connectivity index (χ0n) is 38.0. The lowest BCUT2D eigenvalue weighted by molar-refractivity contribution is -0.0496. The van der Waals surface area contributed by atoms with E-state index in [1.54, 1.807) is 0 Å². The van der Waals surface area contributed by atoms with Gasteiger partial charge in [0.2, 0.25) is 0 Å². The molecule has 6 fully saturated rings. The average Bonchev–Trinajstić information content (AvgIpc) is 3.34. The highest BCUT2D eigenvalue weighted by Crippen LogP contribution is 2.77. The summed E-state index contributed by atoms with van der Waals surface area (Å²) in [5.74, 6) is 1.33. The molecule has 3 nitrogen and oxygen atoms in total. The molecule has 0 spiro atoms. The SMILES string of the molecule is O=S(=O)(OS(c1ccccc1)(c1c(C2CCCCC2)cc(C2CCCCC2)cc1C1CCCCC1)c1c(C2CCCCC2)cc(C2CCCCC2)cc1C1CCCCC1)C(F)(F)F. The topological polar surface area (TPSA) is 43.4 Å². The number of rotatable bonds is 11. The minimum atomic E-state index is -6.11. The van der Waals surface area contributed by atoms with Crippen LogP contribution in [0.15, 0.2) is 69.3 Å². The molecular formula is C55H75F3O3S2. The van der Waals surface area contributed by atoms with Crippen molar-refractivity contribution in [2.24, 2.45) is 0 Å². The van der Waals surface area contributed by atoms with Crippen LogP contribution in [0.4, 0.5) is 13.2 Å². The average molecular weight is 905 g/mol. The number of benzene rings is 3. The van der Waals surface area contributed by atoms with E-state index in [0.717, 1.165) is 186 Å². The summed E-state index contributed by atoms with van der Waals surface area (Å²) in [5, 5.41) is 0. The fourth-order valence-corrected chi connectivity index (χ4v) is 19.2. The third-order valence-electron chi connectivity index (χ3n) is 16.8. The smallest absolute Gasteiger partial charge is 0.200 e. The van der Waals surface area contributed by atoms with E-state index in [2.05, 4.69) is 24.3 Å². The highest BCUT2D eigenvalue weighted by molar-refractivity contribution is 8.33. The third-order valence-corrected chi connectivity index (χ3v) is 21.9. The molecule has 0 radical (unpaired) electrons. The summed E-state index contributed by atoms with van der Waals surface area (Å²) in [6.07, 6.45) is 32.7. The van der Waals surface area contributed by atoms with Crippen LogP contribution < -0.4 is 0 Å². The van der Waals surface area contributed by atoms with Gasteiger partial charge in [-0.2, -0.15) is 25.2 Å². The van der Waals surface area contributed by atoms with Gasteiger partial charge >= 0.3 is 15.6 Å². The van der Waals surface area contributed by atoms with E-state index in [1.165, 1.54) is 49.7 Å². The fourth-order valence-electron chi connectivity index (χ4n) is 13.5. The van der Waals surface area contributed by atoms with E-state index < -0.39 is 25.9 Å². The van der Waals surface area contributed by atoms with E-state index in [9.17, 15) is 8.42 Å². The van der Waals surface area contributed by atoms with E-state index >= 15 is 13.2 Å². The fraction of sp³-hybridized carbons (Fsp3) is 0.673. The van der Waals surface area contributed by atoms with Crippen molar-refractivity contribution in [1.82, 2.24) is 0 Å². The molecule has 0 unspecified atom stereocenters. The third kappa shape index (κ3) is 9.76. The molecule has 0 atom stereocenters. The Balaban J connectivity index is 1.46. The molecule has 6 aliphatic rings. The molecule has 0 amide bonds. The van der Waals surface area contributed by atoms with Gasteiger partial charge in [-0.3, -0.25) is 0 Å².